The minimum absolute atomic E-state index is 0.277. The smallest absolute Gasteiger partial charge is 0.213 e. The van der Waals surface area contributed by atoms with Gasteiger partial charge < -0.3 is 5.32 Å². The number of hydrogen-bond donors (Lipinski definition) is 1. The highest BCUT2D eigenvalue weighted by molar-refractivity contribution is 9.10. The first kappa shape index (κ1) is 17.1. The van der Waals surface area contributed by atoms with Gasteiger partial charge in [0.05, 0.1) is 4.90 Å². The zero-order valence-corrected chi connectivity index (χ0v) is 15.4. The van der Waals surface area contributed by atoms with Crippen LogP contribution in [0.4, 0.5) is 5.69 Å². The third-order valence-corrected chi connectivity index (χ3v) is 6.75. The van der Waals surface area contributed by atoms with Gasteiger partial charge in [0.1, 0.15) is 4.24 Å². The number of aryl methyl sites for hydroxylation is 1. The van der Waals surface area contributed by atoms with Crippen LogP contribution in [-0.4, -0.2) is 14.7 Å². The van der Waals surface area contributed by atoms with Crippen molar-refractivity contribution in [3.63, 3.8) is 0 Å². The van der Waals surface area contributed by atoms with E-state index in [-0.39, 0.29) is 4.24 Å². The maximum absolute atomic E-state index is 12.6. The van der Waals surface area contributed by atoms with E-state index in [2.05, 4.69) is 21.2 Å². The Bertz CT molecular complexity index is 767. The Morgan fingerprint density at radius 3 is 2.23 bits per heavy atom. The molecule has 0 bridgehead atoms. The van der Waals surface area contributed by atoms with Crippen LogP contribution in [-0.2, 0) is 9.84 Å². The normalized spacial score (nSPS) is 12.2. The Labute approximate surface area is 143 Å². The van der Waals surface area contributed by atoms with Gasteiger partial charge in [-0.3, -0.25) is 0 Å². The van der Waals surface area contributed by atoms with Gasteiger partial charge in [-0.1, -0.05) is 33.6 Å². The third kappa shape index (κ3) is 4.15. The van der Waals surface area contributed by atoms with Crippen LogP contribution in [0.2, 0.25) is 0 Å². The van der Waals surface area contributed by atoms with E-state index in [4.69, 9.17) is 0 Å². The molecule has 2 rings (SSSR count). The third-order valence-electron chi connectivity index (χ3n) is 3.00. The average Bonchev–Trinajstić information content (AvgIpc) is 2.50. The summed E-state index contributed by atoms with van der Waals surface area (Å²) in [6, 6.07) is 14.4. The van der Waals surface area contributed by atoms with Gasteiger partial charge in [0.25, 0.3) is 0 Å². The average molecular weight is 398 g/mol. The molecular weight excluding hydrogens is 382 g/mol. The number of rotatable bonds is 5. The summed E-state index contributed by atoms with van der Waals surface area (Å²) in [4.78, 5) is 0.302. The summed E-state index contributed by atoms with van der Waals surface area (Å²) < 4.78 is 26.5. The van der Waals surface area contributed by atoms with Crippen molar-refractivity contribution in [2.24, 2.45) is 0 Å². The summed E-state index contributed by atoms with van der Waals surface area (Å²) >= 11 is 4.56. The van der Waals surface area contributed by atoms with Crippen LogP contribution in [0.1, 0.15) is 5.56 Å². The van der Waals surface area contributed by atoms with Crippen LogP contribution in [0.15, 0.2) is 68.3 Å². The quantitative estimate of drug-likeness (QED) is 0.786. The lowest BCUT2D eigenvalue weighted by Crippen LogP contribution is -2.04. The predicted octanol–water partition coefficient (Wildman–Crippen LogP) is 4.81. The van der Waals surface area contributed by atoms with Gasteiger partial charge in [-0.05, 0) is 49.6 Å². The highest BCUT2D eigenvalue weighted by Crippen LogP contribution is 2.27. The molecule has 0 heterocycles. The molecule has 2 aromatic rings. The first-order valence-corrected chi connectivity index (χ1v) is 10.0. The Balaban J connectivity index is 2.27. The van der Waals surface area contributed by atoms with E-state index in [1.807, 2.05) is 31.2 Å². The van der Waals surface area contributed by atoms with Crippen molar-refractivity contribution < 1.29 is 8.42 Å². The van der Waals surface area contributed by atoms with E-state index in [1.165, 1.54) is 18.0 Å². The number of benzene rings is 2. The summed E-state index contributed by atoms with van der Waals surface area (Å²) in [5.74, 6) is 0. The molecule has 0 fully saturated rings. The SMILES string of the molecule is CS/C(=C\Nc1ccc(Br)cc1)S(=O)(=O)c1ccc(C)cc1. The van der Waals surface area contributed by atoms with Crippen LogP contribution in [0.25, 0.3) is 0 Å². The summed E-state index contributed by atoms with van der Waals surface area (Å²) in [7, 11) is -3.49. The molecule has 3 nitrogen and oxygen atoms in total. The van der Waals surface area contributed by atoms with Crippen molar-refractivity contribution in [3.05, 3.63) is 69.0 Å². The molecular formula is C16H16BrNO2S2. The van der Waals surface area contributed by atoms with Crippen molar-refractivity contribution in [2.75, 3.05) is 11.6 Å². The second kappa shape index (κ2) is 7.35. The van der Waals surface area contributed by atoms with Crippen LogP contribution in [0.3, 0.4) is 0 Å². The van der Waals surface area contributed by atoms with Gasteiger partial charge in [-0.15, -0.1) is 11.8 Å². The number of hydrogen-bond acceptors (Lipinski definition) is 4. The molecule has 0 aromatic heterocycles. The Morgan fingerprint density at radius 1 is 1.09 bits per heavy atom. The predicted molar refractivity (Wildman–Crippen MR) is 97.7 cm³/mol. The van der Waals surface area contributed by atoms with Gasteiger partial charge in [-0.25, -0.2) is 8.42 Å². The minimum atomic E-state index is -3.49. The van der Waals surface area contributed by atoms with E-state index >= 15 is 0 Å². The Morgan fingerprint density at radius 2 is 1.68 bits per heavy atom. The maximum atomic E-state index is 12.6. The molecule has 0 radical (unpaired) electrons. The highest BCUT2D eigenvalue weighted by atomic mass is 79.9. The molecule has 0 amide bonds. The van der Waals surface area contributed by atoms with Crippen molar-refractivity contribution in [1.82, 2.24) is 0 Å². The fourth-order valence-corrected chi connectivity index (χ4v) is 4.32. The summed E-state index contributed by atoms with van der Waals surface area (Å²) in [6.07, 6.45) is 3.28. The van der Waals surface area contributed by atoms with Gasteiger partial charge >= 0.3 is 0 Å². The van der Waals surface area contributed by atoms with Crippen LogP contribution >= 0.6 is 27.7 Å². The van der Waals surface area contributed by atoms with Crippen molar-refractivity contribution in [3.8, 4) is 0 Å². The van der Waals surface area contributed by atoms with Gasteiger partial charge in [0, 0.05) is 16.4 Å². The van der Waals surface area contributed by atoms with E-state index in [9.17, 15) is 8.42 Å². The minimum Gasteiger partial charge on any atom is -0.360 e. The number of sulfone groups is 1. The molecule has 0 aliphatic heterocycles. The summed E-state index contributed by atoms with van der Waals surface area (Å²) in [6.45, 7) is 1.93. The van der Waals surface area contributed by atoms with Crippen LogP contribution < -0.4 is 5.32 Å². The fourth-order valence-electron chi connectivity index (χ4n) is 1.77. The molecule has 2 aromatic carbocycles. The molecule has 0 spiro atoms. The first-order valence-electron chi connectivity index (χ1n) is 6.51. The number of nitrogens with one attached hydrogen (secondary N) is 1. The second-order valence-electron chi connectivity index (χ2n) is 4.64. The van der Waals surface area contributed by atoms with Crippen molar-refractivity contribution in [1.29, 1.82) is 0 Å². The lowest BCUT2D eigenvalue weighted by atomic mass is 10.2. The molecule has 1 N–H and O–H groups in total. The largest absolute Gasteiger partial charge is 0.360 e. The van der Waals surface area contributed by atoms with Crippen molar-refractivity contribution >= 4 is 43.2 Å². The summed E-state index contributed by atoms with van der Waals surface area (Å²) in [5, 5.41) is 3.03. The van der Waals surface area contributed by atoms with E-state index in [1.54, 1.807) is 30.5 Å². The van der Waals surface area contributed by atoms with E-state index in [0.29, 0.717) is 4.90 Å². The number of halogens is 1. The van der Waals surface area contributed by atoms with E-state index in [0.717, 1.165) is 15.7 Å². The second-order valence-corrected chi connectivity index (χ2v) is 8.58. The first-order chi connectivity index (χ1) is 10.4. The molecule has 0 aliphatic rings. The fraction of sp³-hybridized carbons (Fsp3) is 0.125. The Kier molecular flexibility index (Phi) is 5.72. The molecule has 116 valence electrons. The van der Waals surface area contributed by atoms with Gasteiger partial charge in [0.15, 0.2) is 0 Å². The van der Waals surface area contributed by atoms with E-state index < -0.39 is 9.84 Å². The molecule has 0 saturated carbocycles. The van der Waals surface area contributed by atoms with Crippen molar-refractivity contribution in [2.45, 2.75) is 11.8 Å². The number of thioether (sulfide) groups is 1. The lowest BCUT2D eigenvalue weighted by molar-refractivity contribution is 0.604. The standard InChI is InChI=1S/C16H16BrNO2S2/c1-12-3-9-15(10-4-12)22(19,20)16(21-2)11-18-14-7-5-13(17)6-8-14/h3-11,18H,1-2H3/b16-11+. The molecule has 0 saturated heterocycles. The molecule has 0 atom stereocenters. The maximum Gasteiger partial charge on any atom is 0.213 e. The molecule has 22 heavy (non-hydrogen) atoms. The summed E-state index contributed by atoms with van der Waals surface area (Å²) in [5.41, 5.74) is 1.86. The lowest BCUT2D eigenvalue weighted by Gasteiger charge is -2.08. The van der Waals surface area contributed by atoms with Crippen LogP contribution in [0, 0.1) is 6.92 Å². The molecule has 0 aliphatic carbocycles. The zero-order valence-electron chi connectivity index (χ0n) is 12.2. The van der Waals surface area contributed by atoms with Gasteiger partial charge in [-0.2, -0.15) is 0 Å². The van der Waals surface area contributed by atoms with Gasteiger partial charge in [0.2, 0.25) is 9.84 Å². The highest BCUT2D eigenvalue weighted by Gasteiger charge is 2.19. The number of anilines is 1. The molecule has 6 heteroatoms. The monoisotopic (exact) mass is 397 g/mol. The Hall–Kier alpha value is -1.24. The van der Waals surface area contributed by atoms with Crippen LogP contribution in [0.5, 0.6) is 0 Å². The zero-order chi connectivity index (χ0) is 16.2. The topological polar surface area (TPSA) is 46.2 Å². The molecule has 0 unspecified atom stereocenters.